The number of carbonyl (C=O) groups is 1. The molecule has 0 heterocycles. The van der Waals surface area contributed by atoms with Crippen molar-refractivity contribution in [1.29, 1.82) is 0 Å². The van der Waals surface area contributed by atoms with Gasteiger partial charge in [0.25, 0.3) is 0 Å². The maximum absolute atomic E-state index is 11.4. The minimum Gasteiger partial charge on any atom is -0.371 e. The highest BCUT2D eigenvalue weighted by Crippen LogP contribution is 2.31. The predicted octanol–water partition coefficient (Wildman–Crippen LogP) is 2.72. The van der Waals surface area contributed by atoms with Crippen molar-refractivity contribution in [3.05, 3.63) is 0 Å². The average molecular weight is 240 g/mol. The molecule has 2 unspecified atom stereocenters. The topological polar surface area (TPSA) is 35.5 Å². The van der Waals surface area contributed by atoms with Crippen LogP contribution in [0.5, 0.6) is 0 Å². The van der Waals surface area contributed by atoms with Crippen molar-refractivity contribution in [1.82, 2.24) is 0 Å². The summed E-state index contributed by atoms with van der Waals surface area (Å²) in [6.07, 6.45) is 6.44. The highest BCUT2D eigenvalue weighted by molar-refractivity contribution is 5.90. The van der Waals surface area contributed by atoms with Crippen molar-refractivity contribution < 1.29 is 14.3 Å². The second kappa shape index (κ2) is 5.96. The summed E-state index contributed by atoms with van der Waals surface area (Å²) < 4.78 is 11.5. The van der Waals surface area contributed by atoms with Gasteiger partial charge in [0, 0.05) is 13.0 Å². The summed E-state index contributed by atoms with van der Waals surface area (Å²) in [7, 11) is 0. The van der Waals surface area contributed by atoms with Gasteiger partial charge in [-0.2, -0.15) is 0 Å². The van der Waals surface area contributed by atoms with Gasteiger partial charge < -0.3 is 9.47 Å². The van der Waals surface area contributed by atoms with E-state index in [1.165, 1.54) is 12.8 Å². The Labute approximate surface area is 104 Å². The molecule has 0 bridgehead atoms. The number of Topliss-reactive ketones (excluding diaryl/α,β-unsaturated/α-hetero) is 1. The van der Waals surface area contributed by atoms with Crippen molar-refractivity contribution >= 4 is 5.78 Å². The van der Waals surface area contributed by atoms with E-state index in [4.69, 9.17) is 9.47 Å². The Bertz CT molecular complexity index is 256. The Hall–Kier alpha value is -0.410. The molecule has 0 aromatic heterocycles. The van der Waals surface area contributed by atoms with Crippen LogP contribution in [0.1, 0.15) is 52.4 Å². The van der Waals surface area contributed by atoms with E-state index in [-0.39, 0.29) is 18.0 Å². The third-order valence-electron chi connectivity index (χ3n) is 3.89. The van der Waals surface area contributed by atoms with Gasteiger partial charge >= 0.3 is 0 Å². The van der Waals surface area contributed by atoms with E-state index in [1.807, 2.05) is 0 Å². The van der Waals surface area contributed by atoms with Crippen molar-refractivity contribution in [2.24, 2.45) is 5.92 Å². The average Bonchev–Trinajstić information content (AvgIpc) is 2.31. The van der Waals surface area contributed by atoms with E-state index in [0.29, 0.717) is 19.1 Å². The van der Waals surface area contributed by atoms with Gasteiger partial charge in [-0.3, -0.25) is 4.79 Å². The largest absolute Gasteiger partial charge is 0.371 e. The van der Waals surface area contributed by atoms with Crippen LogP contribution in [-0.4, -0.2) is 30.7 Å². The van der Waals surface area contributed by atoms with E-state index < -0.39 is 0 Å². The van der Waals surface area contributed by atoms with E-state index >= 15 is 0 Å². The maximum Gasteiger partial charge on any atom is 0.166 e. The molecule has 2 aliphatic rings. The number of rotatable bonds is 5. The molecule has 98 valence electrons. The number of hydrogen-bond acceptors (Lipinski definition) is 3. The smallest absolute Gasteiger partial charge is 0.166 e. The predicted molar refractivity (Wildman–Crippen MR) is 65.9 cm³/mol. The van der Waals surface area contributed by atoms with Gasteiger partial charge in [-0.05, 0) is 38.0 Å². The lowest BCUT2D eigenvalue weighted by Crippen LogP contribution is -2.52. The molecule has 2 aliphatic carbocycles. The Morgan fingerprint density at radius 2 is 1.94 bits per heavy atom. The van der Waals surface area contributed by atoms with Crippen molar-refractivity contribution in [2.75, 3.05) is 6.61 Å². The lowest BCUT2D eigenvalue weighted by Gasteiger charge is -2.38. The summed E-state index contributed by atoms with van der Waals surface area (Å²) in [5.41, 5.74) is 0. The van der Waals surface area contributed by atoms with E-state index in [1.54, 1.807) is 0 Å². The number of hydrogen-bond donors (Lipinski definition) is 0. The van der Waals surface area contributed by atoms with Crippen molar-refractivity contribution in [3.63, 3.8) is 0 Å². The van der Waals surface area contributed by atoms with Crippen LogP contribution in [0, 0.1) is 5.92 Å². The molecule has 0 aliphatic heterocycles. The first-order chi connectivity index (χ1) is 8.20. The van der Waals surface area contributed by atoms with Crippen LogP contribution in [-0.2, 0) is 14.3 Å². The quantitative estimate of drug-likeness (QED) is 0.741. The fraction of sp³-hybridized carbons (Fsp3) is 0.929. The van der Waals surface area contributed by atoms with Gasteiger partial charge in [0.2, 0.25) is 0 Å². The van der Waals surface area contributed by atoms with Crippen LogP contribution in [0.15, 0.2) is 0 Å². The minimum absolute atomic E-state index is 0.0347. The lowest BCUT2D eigenvalue weighted by atomic mass is 9.86. The van der Waals surface area contributed by atoms with Gasteiger partial charge in [-0.15, -0.1) is 0 Å². The van der Waals surface area contributed by atoms with E-state index in [9.17, 15) is 4.79 Å². The van der Waals surface area contributed by atoms with Crippen LogP contribution >= 0.6 is 0 Å². The number of carbonyl (C=O) groups excluding carboxylic acids is 1. The third kappa shape index (κ3) is 3.29. The summed E-state index contributed by atoms with van der Waals surface area (Å²) in [6, 6.07) is 0. The Balaban J connectivity index is 1.73. The fourth-order valence-electron chi connectivity index (χ4n) is 2.65. The zero-order chi connectivity index (χ0) is 12.3. The molecule has 0 N–H and O–H groups in total. The highest BCUT2D eigenvalue weighted by atomic mass is 16.6. The molecule has 0 aromatic rings. The fourth-order valence-corrected chi connectivity index (χ4v) is 2.65. The molecule has 2 rings (SSSR count). The second-order valence-electron chi connectivity index (χ2n) is 5.52. The summed E-state index contributed by atoms with van der Waals surface area (Å²) in [5.74, 6) is 1.05. The normalized spacial score (nSPS) is 37.9. The zero-order valence-corrected chi connectivity index (χ0v) is 11.0. The standard InChI is InChI=1S/C14H24O3/c1-3-8-16-14-12(15)9-13(14)17-11-6-4-10(2)5-7-11/h10-11,13-14H,3-9H2,1-2H3. The van der Waals surface area contributed by atoms with Gasteiger partial charge in [0.1, 0.15) is 6.10 Å². The van der Waals surface area contributed by atoms with Gasteiger partial charge in [-0.1, -0.05) is 13.8 Å². The molecular formula is C14H24O3. The van der Waals surface area contributed by atoms with Crippen LogP contribution < -0.4 is 0 Å². The lowest BCUT2D eigenvalue weighted by molar-refractivity contribution is -0.176. The summed E-state index contributed by atoms with van der Waals surface area (Å²) in [5, 5.41) is 0. The Kier molecular flexibility index (Phi) is 4.57. The second-order valence-corrected chi connectivity index (χ2v) is 5.52. The molecule has 0 saturated heterocycles. The summed E-state index contributed by atoms with van der Waals surface area (Å²) in [4.78, 5) is 11.4. The summed E-state index contributed by atoms with van der Waals surface area (Å²) >= 11 is 0. The molecular weight excluding hydrogens is 216 g/mol. The highest BCUT2D eigenvalue weighted by Gasteiger charge is 2.42. The van der Waals surface area contributed by atoms with Gasteiger partial charge in [0.05, 0.1) is 12.2 Å². The molecule has 0 spiro atoms. The molecule has 3 nitrogen and oxygen atoms in total. The number of ether oxygens (including phenoxy) is 2. The van der Waals surface area contributed by atoms with Crippen LogP contribution in [0.2, 0.25) is 0 Å². The molecule has 2 fully saturated rings. The molecule has 2 atom stereocenters. The first-order valence-electron chi connectivity index (χ1n) is 7.00. The SMILES string of the molecule is CCCOC1C(=O)CC1OC1CCC(C)CC1. The van der Waals surface area contributed by atoms with Crippen LogP contribution in [0.3, 0.4) is 0 Å². The van der Waals surface area contributed by atoms with Crippen molar-refractivity contribution in [3.8, 4) is 0 Å². The third-order valence-corrected chi connectivity index (χ3v) is 3.89. The zero-order valence-electron chi connectivity index (χ0n) is 11.0. The monoisotopic (exact) mass is 240 g/mol. The summed E-state index contributed by atoms with van der Waals surface area (Å²) in [6.45, 7) is 5.02. The number of ketones is 1. The molecule has 0 radical (unpaired) electrons. The maximum atomic E-state index is 11.4. The Morgan fingerprint density at radius 1 is 1.24 bits per heavy atom. The molecule has 17 heavy (non-hydrogen) atoms. The molecule has 2 saturated carbocycles. The van der Waals surface area contributed by atoms with Crippen molar-refractivity contribution in [2.45, 2.75) is 70.7 Å². The van der Waals surface area contributed by atoms with Gasteiger partial charge in [-0.25, -0.2) is 0 Å². The van der Waals surface area contributed by atoms with Crippen LogP contribution in [0.25, 0.3) is 0 Å². The van der Waals surface area contributed by atoms with E-state index in [0.717, 1.165) is 25.2 Å². The molecule has 0 aromatic carbocycles. The Morgan fingerprint density at radius 3 is 2.53 bits per heavy atom. The molecule has 3 heteroatoms. The van der Waals surface area contributed by atoms with Crippen LogP contribution in [0.4, 0.5) is 0 Å². The minimum atomic E-state index is -0.269. The first kappa shape index (κ1) is 13.0. The van der Waals surface area contributed by atoms with E-state index in [2.05, 4.69) is 13.8 Å². The molecule has 0 amide bonds. The van der Waals surface area contributed by atoms with Gasteiger partial charge in [0.15, 0.2) is 5.78 Å². The first-order valence-corrected chi connectivity index (χ1v) is 7.00.